The summed E-state index contributed by atoms with van der Waals surface area (Å²) in [7, 11) is 4.11. The lowest BCUT2D eigenvalue weighted by atomic mass is 10.1. The van der Waals surface area contributed by atoms with E-state index in [0.29, 0.717) is 29.1 Å². The summed E-state index contributed by atoms with van der Waals surface area (Å²) in [6.07, 6.45) is 5.40. The average molecular weight is 499 g/mol. The number of aromatic nitrogens is 3. The van der Waals surface area contributed by atoms with Gasteiger partial charge in [0, 0.05) is 23.8 Å². The summed E-state index contributed by atoms with van der Waals surface area (Å²) in [5.41, 5.74) is 2.48. The van der Waals surface area contributed by atoms with Crippen LogP contribution in [-0.2, 0) is 9.59 Å². The highest BCUT2D eigenvalue weighted by atomic mass is 16.6. The Bertz CT molecular complexity index is 1480. The van der Waals surface area contributed by atoms with Gasteiger partial charge in [0.1, 0.15) is 11.4 Å². The van der Waals surface area contributed by atoms with E-state index < -0.39 is 11.9 Å². The van der Waals surface area contributed by atoms with Gasteiger partial charge in [0.25, 0.3) is 0 Å². The molecule has 4 aromatic rings. The van der Waals surface area contributed by atoms with Crippen molar-refractivity contribution in [3.8, 4) is 34.2 Å². The van der Waals surface area contributed by atoms with E-state index >= 15 is 0 Å². The number of pyridine rings is 1. The Kier molecular flexibility index (Phi) is 6.96. The molecule has 2 aromatic heterocycles. The summed E-state index contributed by atoms with van der Waals surface area (Å²) in [5.74, 6) is -0.540. The van der Waals surface area contributed by atoms with Crippen LogP contribution >= 0.6 is 0 Å². The predicted octanol–water partition coefficient (Wildman–Crippen LogP) is 4.19. The highest BCUT2D eigenvalue weighted by Gasteiger charge is 2.26. The molecule has 0 atom stereocenters. The van der Waals surface area contributed by atoms with Crippen molar-refractivity contribution in [1.29, 1.82) is 0 Å². The van der Waals surface area contributed by atoms with Crippen LogP contribution in [0.15, 0.2) is 72.9 Å². The number of benzene rings is 2. The molecule has 0 saturated carbocycles. The minimum absolute atomic E-state index is 0.0433. The molecule has 2 aromatic carbocycles. The first-order valence-corrected chi connectivity index (χ1v) is 12.0. The van der Waals surface area contributed by atoms with Crippen LogP contribution in [0.5, 0.6) is 17.2 Å². The summed E-state index contributed by atoms with van der Waals surface area (Å²) >= 11 is 0. The molecule has 0 radical (unpaired) electrons. The highest BCUT2D eigenvalue weighted by molar-refractivity contribution is 6.03. The van der Waals surface area contributed by atoms with E-state index in [4.69, 9.17) is 19.3 Å². The van der Waals surface area contributed by atoms with Crippen LogP contribution in [-0.4, -0.2) is 58.8 Å². The van der Waals surface area contributed by atoms with E-state index in [0.717, 1.165) is 42.8 Å². The maximum atomic E-state index is 12.4. The largest absolute Gasteiger partial charge is 0.494 e. The Hall–Kier alpha value is -4.50. The maximum Gasteiger partial charge on any atom is 0.336 e. The summed E-state index contributed by atoms with van der Waals surface area (Å²) in [6, 6.07) is 17.0. The first-order valence-electron chi connectivity index (χ1n) is 12.0. The maximum absolute atomic E-state index is 12.4. The minimum atomic E-state index is -0.693. The van der Waals surface area contributed by atoms with E-state index in [9.17, 15) is 9.59 Å². The van der Waals surface area contributed by atoms with Crippen molar-refractivity contribution >= 4 is 23.0 Å². The molecule has 0 bridgehead atoms. The van der Waals surface area contributed by atoms with E-state index in [1.807, 2.05) is 54.6 Å². The number of carbonyl (C=O) groups is 2. The van der Waals surface area contributed by atoms with Gasteiger partial charge in [-0.3, -0.25) is 0 Å². The molecule has 0 fully saturated rings. The summed E-state index contributed by atoms with van der Waals surface area (Å²) in [6.45, 7) is 1.61. The van der Waals surface area contributed by atoms with Gasteiger partial charge < -0.3 is 19.1 Å². The summed E-state index contributed by atoms with van der Waals surface area (Å²) in [5, 5.41) is 5.30. The lowest BCUT2D eigenvalue weighted by Crippen LogP contribution is -2.14. The van der Waals surface area contributed by atoms with Crippen LogP contribution in [0, 0.1) is 0 Å². The van der Waals surface area contributed by atoms with Gasteiger partial charge >= 0.3 is 11.9 Å². The molecule has 5 rings (SSSR count). The van der Waals surface area contributed by atoms with E-state index in [1.54, 1.807) is 4.68 Å². The zero-order valence-corrected chi connectivity index (χ0v) is 20.6. The Labute approximate surface area is 213 Å². The molecule has 0 saturated heterocycles. The first-order chi connectivity index (χ1) is 18.0. The Morgan fingerprint density at radius 1 is 0.946 bits per heavy atom. The Morgan fingerprint density at radius 3 is 2.51 bits per heavy atom. The summed E-state index contributed by atoms with van der Waals surface area (Å²) < 4.78 is 18.6. The third-order valence-electron chi connectivity index (χ3n) is 5.76. The van der Waals surface area contributed by atoms with Crippen molar-refractivity contribution in [2.24, 2.45) is 0 Å². The molecular formula is C28H26N4O5. The fourth-order valence-corrected chi connectivity index (χ4v) is 4.03. The number of rotatable bonds is 8. The standard InChI is InChI=1S/C28H26N4O5/c1-31(2)15-6-7-16-35-21-12-8-11-20(17-21)32-28-25(26(30-32)19-9-4-3-5-10-19)27-22(18-29-28)36-23(33)13-14-24(34)37-27/h3-5,8-14,17-18H,6-7,15-16H2,1-2H3/b14-13+. The zero-order valence-electron chi connectivity index (χ0n) is 20.6. The van der Waals surface area contributed by atoms with Crippen LogP contribution in [0.2, 0.25) is 0 Å². The first kappa shape index (κ1) is 24.2. The van der Waals surface area contributed by atoms with Gasteiger partial charge in [-0.2, -0.15) is 5.10 Å². The van der Waals surface area contributed by atoms with Crippen molar-refractivity contribution in [2.75, 3.05) is 27.2 Å². The van der Waals surface area contributed by atoms with Gasteiger partial charge in [-0.05, 0) is 45.6 Å². The summed E-state index contributed by atoms with van der Waals surface area (Å²) in [4.78, 5) is 31.1. The third kappa shape index (κ3) is 5.36. The number of nitrogens with zero attached hydrogens (tertiary/aromatic N) is 4. The molecule has 1 aliphatic rings. The Morgan fingerprint density at radius 2 is 1.73 bits per heavy atom. The smallest absolute Gasteiger partial charge is 0.336 e. The van der Waals surface area contributed by atoms with Gasteiger partial charge in [-0.15, -0.1) is 0 Å². The van der Waals surface area contributed by atoms with E-state index in [2.05, 4.69) is 24.0 Å². The fourth-order valence-electron chi connectivity index (χ4n) is 4.03. The van der Waals surface area contributed by atoms with E-state index in [-0.39, 0.29) is 11.5 Å². The predicted molar refractivity (Wildman–Crippen MR) is 138 cm³/mol. The minimum Gasteiger partial charge on any atom is -0.494 e. The number of esters is 2. The molecule has 188 valence electrons. The normalized spacial score (nSPS) is 14.0. The van der Waals surface area contributed by atoms with Crippen LogP contribution in [0.1, 0.15) is 12.8 Å². The monoisotopic (exact) mass is 498 g/mol. The number of hydrogen-bond donors (Lipinski definition) is 0. The second-order valence-electron chi connectivity index (χ2n) is 8.81. The highest BCUT2D eigenvalue weighted by Crippen LogP contribution is 2.41. The van der Waals surface area contributed by atoms with Crippen LogP contribution in [0.25, 0.3) is 28.0 Å². The second-order valence-corrected chi connectivity index (χ2v) is 8.81. The molecule has 9 heteroatoms. The van der Waals surface area contributed by atoms with Gasteiger partial charge in [0.15, 0.2) is 17.1 Å². The number of unbranched alkanes of at least 4 members (excludes halogenated alkanes) is 1. The molecular weight excluding hydrogens is 472 g/mol. The molecule has 0 N–H and O–H groups in total. The van der Waals surface area contributed by atoms with Crippen molar-refractivity contribution in [2.45, 2.75) is 12.8 Å². The van der Waals surface area contributed by atoms with Gasteiger partial charge in [-0.1, -0.05) is 36.4 Å². The SMILES string of the molecule is CN(C)CCCCOc1cccc(-n2nc(-c3ccccc3)c3c4c(cnc32)OC(=O)/C=C/C(=O)O4)c1. The molecule has 0 aliphatic carbocycles. The topological polar surface area (TPSA) is 95.8 Å². The molecule has 9 nitrogen and oxygen atoms in total. The van der Waals surface area contributed by atoms with Crippen molar-refractivity contribution < 1.29 is 23.8 Å². The number of hydrogen-bond acceptors (Lipinski definition) is 8. The van der Waals surface area contributed by atoms with Gasteiger partial charge in [0.05, 0.1) is 23.9 Å². The fraction of sp³-hybridized carbons (Fsp3) is 0.214. The van der Waals surface area contributed by atoms with Crippen LogP contribution in [0.4, 0.5) is 0 Å². The molecule has 0 unspecified atom stereocenters. The van der Waals surface area contributed by atoms with Gasteiger partial charge in [-0.25, -0.2) is 19.3 Å². The van der Waals surface area contributed by atoms with Crippen molar-refractivity contribution in [3.05, 3.63) is 72.9 Å². The number of carbonyl (C=O) groups excluding carboxylic acids is 2. The molecule has 37 heavy (non-hydrogen) atoms. The van der Waals surface area contributed by atoms with Gasteiger partial charge in [0.2, 0.25) is 0 Å². The zero-order chi connectivity index (χ0) is 25.8. The van der Waals surface area contributed by atoms with Crippen LogP contribution < -0.4 is 14.2 Å². The quantitative estimate of drug-likeness (QED) is 0.264. The van der Waals surface area contributed by atoms with Crippen LogP contribution in [0.3, 0.4) is 0 Å². The molecule has 0 amide bonds. The third-order valence-corrected chi connectivity index (χ3v) is 5.76. The van der Waals surface area contributed by atoms with E-state index in [1.165, 1.54) is 6.20 Å². The lowest BCUT2D eigenvalue weighted by molar-refractivity contribution is -0.133. The molecule has 3 heterocycles. The average Bonchev–Trinajstić information content (AvgIpc) is 3.28. The molecule has 1 aliphatic heterocycles. The second kappa shape index (κ2) is 10.6. The molecule has 0 spiro atoms. The lowest BCUT2D eigenvalue weighted by Gasteiger charge is -2.12. The number of ether oxygens (including phenoxy) is 3. The Balaban J connectivity index is 1.58. The van der Waals surface area contributed by atoms with Crippen molar-refractivity contribution in [3.63, 3.8) is 0 Å². The van der Waals surface area contributed by atoms with Crippen molar-refractivity contribution in [1.82, 2.24) is 19.7 Å². The number of fused-ring (bicyclic) bond motifs is 3.